The number of carbonyl (C=O) groups is 1. The van der Waals surface area contributed by atoms with Crippen molar-refractivity contribution < 1.29 is 9.32 Å². The monoisotopic (exact) mass is 275 g/mol. The van der Waals surface area contributed by atoms with Gasteiger partial charge in [0.15, 0.2) is 5.82 Å². The Kier molecular flexibility index (Phi) is 2.75. The highest BCUT2D eigenvalue weighted by atomic mass is 16.5. The lowest BCUT2D eigenvalue weighted by Crippen LogP contribution is -2.43. The van der Waals surface area contributed by atoms with E-state index in [1.165, 1.54) is 19.3 Å². The summed E-state index contributed by atoms with van der Waals surface area (Å²) < 4.78 is 5.35. The third-order valence-corrected chi connectivity index (χ3v) is 5.08. The van der Waals surface area contributed by atoms with Crippen LogP contribution < -0.4 is 5.32 Å². The summed E-state index contributed by atoms with van der Waals surface area (Å²) in [5.41, 5.74) is 1.57. The van der Waals surface area contributed by atoms with Gasteiger partial charge in [0.05, 0.1) is 0 Å². The molecule has 1 aromatic heterocycles. The molecule has 1 aliphatic heterocycles. The molecule has 4 rings (SSSR count). The van der Waals surface area contributed by atoms with Crippen molar-refractivity contribution in [3.63, 3.8) is 0 Å². The number of urea groups is 1. The number of nitrogens with zero attached hydrogens (tertiary/aromatic N) is 2. The zero-order chi connectivity index (χ0) is 13.6. The lowest BCUT2D eigenvalue weighted by atomic mass is 9.95. The van der Waals surface area contributed by atoms with E-state index in [-0.39, 0.29) is 6.03 Å². The summed E-state index contributed by atoms with van der Waals surface area (Å²) in [5, 5.41) is 7.02. The average Bonchev–Trinajstić information content (AvgIpc) is 3.09. The van der Waals surface area contributed by atoms with Crippen molar-refractivity contribution in [3.05, 3.63) is 11.3 Å². The van der Waals surface area contributed by atoms with E-state index in [2.05, 4.69) is 10.5 Å². The van der Waals surface area contributed by atoms with Crippen LogP contribution in [0.5, 0.6) is 0 Å². The van der Waals surface area contributed by atoms with Gasteiger partial charge in [-0.2, -0.15) is 0 Å². The first-order valence-corrected chi connectivity index (χ1v) is 7.79. The molecule has 1 spiro atoms. The Balaban J connectivity index is 1.45. The lowest BCUT2D eigenvalue weighted by molar-refractivity contribution is 0.169. The Labute approximate surface area is 118 Å². The van der Waals surface area contributed by atoms with Gasteiger partial charge in [-0.15, -0.1) is 0 Å². The van der Waals surface area contributed by atoms with Crippen LogP contribution in [-0.4, -0.2) is 29.2 Å². The number of amides is 2. The van der Waals surface area contributed by atoms with Crippen molar-refractivity contribution in [2.45, 2.75) is 51.4 Å². The van der Waals surface area contributed by atoms with E-state index in [0.29, 0.717) is 11.2 Å². The van der Waals surface area contributed by atoms with Gasteiger partial charge in [0.1, 0.15) is 5.76 Å². The largest absolute Gasteiger partial charge is 0.359 e. The summed E-state index contributed by atoms with van der Waals surface area (Å²) in [4.78, 5) is 14.4. The van der Waals surface area contributed by atoms with Gasteiger partial charge < -0.3 is 9.42 Å². The number of likely N-dealkylation sites (tertiary alicyclic amines) is 1. The van der Waals surface area contributed by atoms with Crippen LogP contribution in [0.15, 0.2) is 4.52 Å². The van der Waals surface area contributed by atoms with Crippen LogP contribution in [0.1, 0.15) is 49.8 Å². The molecule has 108 valence electrons. The molecule has 1 aromatic rings. The summed E-state index contributed by atoms with van der Waals surface area (Å²) >= 11 is 0. The maximum atomic E-state index is 12.4. The van der Waals surface area contributed by atoms with Crippen LogP contribution in [0.25, 0.3) is 0 Å². The highest BCUT2D eigenvalue weighted by molar-refractivity contribution is 5.89. The second kappa shape index (κ2) is 4.50. The number of fused-ring (bicyclic) bond motifs is 1. The second-order valence-electron chi connectivity index (χ2n) is 6.60. The highest BCUT2D eigenvalue weighted by Crippen LogP contribution is 2.52. The average molecular weight is 275 g/mol. The normalized spacial score (nSPS) is 23.5. The van der Waals surface area contributed by atoms with Crippen LogP contribution >= 0.6 is 0 Å². The summed E-state index contributed by atoms with van der Waals surface area (Å²) in [6, 6.07) is -0.00218. The third-order valence-electron chi connectivity index (χ3n) is 5.08. The quantitative estimate of drug-likeness (QED) is 0.857. The highest BCUT2D eigenvalue weighted by Gasteiger charge is 2.46. The number of anilines is 1. The van der Waals surface area contributed by atoms with Crippen molar-refractivity contribution in [1.82, 2.24) is 10.1 Å². The van der Waals surface area contributed by atoms with Crippen molar-refractivity contribution in [2.24, 2.45) is 5.41 Å². The fourth-order valence-electron chi connectivity index (χ4n) is 3.63. The fraction of sp³-hybridized carbons (Fsp3) is 0.733. The lowest BCUT2D eigenvalue weighted by Gasteiger charge is -2.32. The Morgan fingerprint density at radius 2 is 2.05 bits per heavy atom. The number of nitrogens with one attached hydrogen (secondary N) is 1. The van der Waals surface area contributed by atoms with Crippen molar-refractivity contribution in [3.8, 4) is 0 Å². The molecule has 3 aliphatic rings. The smallest absolute Gasteiger partial charge is 0.323 e. The Hall–Kier alpha value is -1.52. The Morgan fingerprint density at radius 1 is 1.20 bits per heavy atom. The minimum absolute atomic E-state index is 0.00218. The van der Waals surface area contributed by atoms with E-state index in [0.717, 1.165) is 56.5 Å². The number of piperidine rings is 1. The molecule has 1 saturated heterocycles. The molecule has 2 aliphatic carbocycles. The summed E-state index contributed by atoms with van der Waals surface area (Å²) in [6.45, 7) is 1.78. The standard InChI is InChI=1S/C15H21N3O2/c19-14(18-9-3-6-15(10-18)7-8-15)16-13-11-4-1-2-5-12(11)20-17-13/h1-10H2,(H,16,17,19). The molecule has 20 heavy (non-hydrogen) atoms. The van der Waals surface area contributed by atoms with Gasteiger partial charge in [-0.25, -0.2) is 4.79 Å². The molecule has 1 N–H and O–H groups in total. The van der Waals surface area contributed by atoms with Crippen LogP contribution in [-0.2, 0) is 12.8 Å². The molecule has 0 radical (unpaired) electrons. The molecular weight excluding hydrogens is 254 g/mol. The molecule has 5 heteroatoms. The first-order chi connectivity index (χ1) is 9.76. The maximum absolute atomic E-state index is 12.4. The predicted octanol–water partition coefficient (Wildman–Crippen LogP) is 2.96. The molecule has 2 fully saturated rings. The van der Waals surface area contributed by atoms with Crippen LogP contribution in [0.3, 0.4) is 0 Å². The zero-order valence-corrected chi connectivity index (χ0v) is 11.8. The fourth-order valence-corrected chi connectivity index (χ4v) is 3.63. The molecule has 0 unspecified atom stereocenters. The number of hydrogen-bond donors (Lipinski definition) is 1. The molecule has 1 saturated carbocycles. The third kappa shape index (κ3) is 2.09. The van der Waals surface area contributed by atoms with Gasteiger partial charge in [-0.3, -0.25) is 5.32 Å². The predicted molar refractivity (Wildman–Crippen MR) is 74.6 cm³/mol. The van der Waals surface area contributed by atoms with E-state index in [4.69, 9.17) is 4.52 Å². The van der Waals surface area contributed by atoms with Gasteiger partial charge in [-0.1, -0.05) is 5.16 Å². The number of carbonyl (C=O) groups excluding carboxylic acids is 1. The van der Waals surface area contributed by atoms with Crippen LogP contribution in [0, 0.1) is 5.41 Å². The molecule has 5 nitrogen and oxygen atoms in total. The summed E-state index contributed by atoms with van der Waals surface area (Å²) in [7, 11) is 0. The van der Waals surface area contributed by atoms with E-state index < -0.39 is 0 Å². The number of hydrogen-bond acceptors (Lipinski definition) is 3. The number of aromatic nitrogens is 1. The molecular formula is C15H21N3O2. The van der Waals surface area contributed by atoms with Crippen molar-refractivity contribution in [2.75, 3.05) is 18.4 Å². The Morgan fingerprint density at radius 3 is 2.90 bits per heavy atom. The minimum Gasteiger partial charge on any atom is -0.359 e. The van der Waals surface area contributed by atoms with Gasteiger partial charge in [0.2, 0.25) is 0 Å². The van der Waals surface area contributed by atoms with E-state index in [9.17, 15) is 4.79 Å². The topological polar surface area (TPSA) is 58.4 Å². The molecule has 0 bridgehead atoms. The number of aryl methyl sites for hydroxylation is 1. The zero-order valence-electron chi connectivity index (χ0n) is 11.8. The first kappa shape index (κ1) is 12.2. The van der Waals surface area contributed by atoms with Crippen LogP contribution in [0.2, 0.25) is 0 Å². The molecule has 0 aromatic carbocycles. The second-order valence-corrected chi connectivity index (χ2v) is 6.60. The minimum atomic E-state index is -0.00218. The van der Waals surface area contributed by atoms with Gasteiger partial charge in [0, 0.05) is 25.1 Å². The Bertz CT molecular complexity index is 533. The van der Waals surface area contributed by atoms with Crippen molar-refractivity contribution >= 4 is 11.8 Å². The SMILES string of the molecule is O=C(Nc1noc2c1CCCC2)N1CCCC2(CC2)C1. The number of rotatable bonds is 1. The van der Waals surface area contributed by atoms with Crippen LogP contribution in [0.4, 0.5) is 10.6 Å². The van der Waals surface area contributed by atoms with Gasteiger partial charge in [0.25, 0.3) is 0 Å². The van der Waals surface area contributed by atoms with E-state index >= 15 is 0 Å². The van der Waals surface area contributed by atoms with Gasteiger partial charge in [-0.05, 0) is 50.4 Å². The van der Waals surface area contributed by atoms with Crippen molar-refractivity contribution in [1.29, 1.82) is 0 Å². The van der Waals surface area contributed by atoms with Gasteiger partial charge >= 0.3 is 6.03 Å². The molecule has 2 amide bonds. The first-order valence-electron chi connectivity index (χ1n) is 7.79. The summed E-state index contributed by atoms with van der Waals surface area (Å²) in [6.07, 6.45) is 9.23. The van der Waals surface area contributed by atoms with E-state index in [1.54, 1.807) is 0 Å². The molecule has 2 heterocycles. The maximum Gasteiger partial charge on any atom is 0.323 e. The molecule has 0 atom stereocenters. The van der Waals surface area contributed by atoms with E-state index in [1.807, 2.05) is 4.90 Å². The summed E-state index contributed by atoms with van der Waals surface area (Å²) in [5.74, 6) is 1.61.